The summed E-state index contributed by atoms with van der Waals surface area (Å²) in [7, 11) is 0. The van der Waals surface area contributed by atoms with Crippen LogP contribution in [0.25, 0.3) is 11.4 Å². The van der Waals surface area contributed by atoms with E-state index in [1.54, 1.807) is 6.20 Å². The van der Waals surface area contributed by atoms with Crippen LogP contribution in [-0.4, -0.2) is 20.9 Å². The van der Waals surface area contributed by atoms with Crippen LogP contribution in [0.4, 0.5) is 0 Å². The number of rotatable bonds is 4. The number of imidazole rings is 1. The number of pyridine rings is 1. The van der Waals surface area contributed by atoms with Gasteiger partial charge in [0.25, 0.3) is 0 Å². The van der Waals surface area contributed by atoms with Crippen molar-refractivity contribution < 1.29 is 9.53 Å². The number of hydrogen-bond donors (Lipinski definition) is 1. The molecule has 0 atom stereocenters. The van der Waals surface area contributed by atoms with E-state index in [0.29, 0.717) is 5.82 Å². The van der Waals surface area contributed by atoms with E-state index in [1.807, 2.05) is 42.5 Å². The molecule has 0 amide bonds. The average Bonchev–Trinajstić information content (AvgIpc) is 3.04. The summed E-state index contributed by atoms with van der Waals surface area (Å²) in [5, 5.41) is 0. The van der Waals surface area contributed by atoms with Crippen molar-refractivity contribution in [1.82, 2.24) is 15.0 Å². The highest BCUT2D eigenvalue weighted by atomic mass is 79.9. The summed E-state index contributed by atoms with van der Waals surface area (Å²) in [6.45, 7) is 0.224. The monoisotopic (exact) mass is 357 g/mol. The number of esters is 1. The number of benzene rings is 1. The van der Waals surface area contributed by atoms with Gasteiger partial charge in [0.05, 0.1) is 0 Å². The zero-order chi connectivity index (χ0) is 15.4. The number of hydrogen-bond acceptors (Lipinski definition) is 4. The minimum absolute atomic E-state index is 0.224. The van der Waals surface area contributed by atoms with Crippen molar-refractivity contribution in [2.75, 3.05) is 0 Å². The van der Waals surface area contributed by atoms with Crippen molar-refractivity contribution >= 4 is 21.9 Å². The van der Waals surface area contributed by atoms with Crippen LogP contribution in [0.15, 0.2) is 59.5 Å². The molecule has 0 aliphatic carbocycles. The Bertz CT molecular complexity index is 770. The maximum absolute atomic E-state index is 12.0. The molecule has 2 aromatic heterocycles. The molecule has 0 bridgehead atoms. The van der Waals surface area contributed by atoms with Crippen LogP contribution in [0.3, 0.4) is 0 Å². The maximum Gasteiger partial charge on any atom is 0.358 e. The fraction of sp³-hybridized carbons (Fsp3) is 0.0625. The van der Waals surface area contributed by atoms with Crippen molar-refractivity contribution in [2.45, 2.75) is 6.61 Å². The van der Waals surface area contributed by atoms with Gasteiger partial charge in [0.2, 0.25) is 0 Å². The summed E-state index contributed by atoms with van der Waals surface area (Å²) in [5.74, 6) is 0.114. The van der Waals surface area contributed by atoms with Crippen LogP contribution in [0.5, 0.6) is 0 Å². The molecule has 0 unspecified atom stereocenters. The molecule has 1 N–H and O–H groups in total. The number of aromatic nitrogens is 3. The molecule has 3 rings (SSSR count). The Balaban J connectivity index is 1.68. The quantitative estimate of drug-likeness (QED) is 0.572. The fourth-order valence-electron chi connectivity index (χ4n) is 1.89. The van der Waals surface area contributed by atoms with Crippen LogP contribution in [0, 0.1) is 0 Å². The highest BCUT2D eigenvalue weighted by Crippen LogP contribution is 2.17. The molecular weight excluding hydrogens is 346 g/mol. The molecule has 22 heavy (non-hydrogen) atoms. The van der Waals surface area contributed by atoms with E-state index in [2.05, 4.69) is 30.9 Å². The molecular formula is C16H12BrN3O2. The van der Waals surface area contributed by atoms with Crippen LogP contribution in [-0.2, 0) is 11.3 Å². The topological polar surface area (TPSA) is 67.9 Å². The van der Waals surface area contributed by atoms with Crippen molar-refractivity contribution in [2.24, 2.45) is 0 Å². The minimum atomic E-state index is -0.462. The van der Waals surface area contributed by atoms with Crippen LogP contribution >= 0.6 is 15.9 Å². The molecule has 0 aliphatic rings. The molecule has 0 saturated heterocycles. The van der Waals surface area contributed by atoms with Crippen LogP contribution in [0.1, 0.15) is 16.1 Å². The van der Waals surface area contributed by atoms with Crippen molar-refractivity contribution in [3.05, 3.63) is 70.7 Å². The number of nitrogens with zero attached hydrogens (tertiary/aromatic N) is 2. The first kappa shape index (κ1) is 14.5. The normalized spacial score (nSPS) is 10.4. The van der Waals surface area contributed by atoms with E-state index in [0.717, 1.165) is 15.7 Å². The Morgan fingerprint density at radius 2 is 2.00 bits per heavy atom. The van der Waals surface area contributed by atoms with Gasteiger partial charge in [-0.1, -0.05) is 30.3 Å². The first-order chi connectivity index (χ1) is 10.7. The van der Waals surface area contributed by atoms with E-state index < -0.39 is 5.97 Å². The minimum Gasteiger partial charge on any atom is -0.456 e. The van der Waals surface area contributed by atoms with Gasteiger partial charge in [-0.05, 0) is 33.6 Å². The molecule has 0 fully saturated rings. The first-order valence-corrected chi connectivity index (χ1v) is 7.40. The Morgan fingerprint density at radius 1 is 1.18 bits per heavy atom. The predicted molar refractivity (Wildman–Crippen MR) is 85.1 cm³/mol. The molecule has 110 valence electrons. The average molecular weight is 358 g/mol. The Kier molecular flexibility index (Phi) is 4.29. The molecule has 6 heteroatoms. The van der Waals surface area contributed by atoms with E-state index in [4.69, 9.17) is 4.74 Å². The number of halogens is 1. The lowest BCUT2D eigenvalue weighted by molar-refractivity contribution is 0.0466. The third-order valence-electron chi connectivity index (χ3n) is 3.00. The number of H-pyrrole nitrogens is 1. The molecule has 5 nitrogen and oxygen atoms in total. The second-order valence-electron chi connectivity index (χ2n) is 4.57. The van der Waals surface area contributed by atoms with Gasteiger partial charge in [0.1, 0.15) is 17.0 Å². The van der Waals surface area contributed by atoms with Gasteiger partial charge in [-0.3, -0.25) is 0 Å². The Hall–Kier alpha value is -2.47. The molecule has 0 spiro atoms. The molecule has 1 aromatic carbocycles. The highest BCUT2D eigenvalue weighted by molar-refractivity contribution is 9.10. The third kappa shape index (κ3) is 3.40. The summed E-state index contributed by atoms with van der Waals surface area (Å²) >= 11 is 3.27. The highest BCUT2D eigenvalue weighted by Gasteiger charge is 2.13. The van der Waals surface area contributed by atoms with E-state index in [-0.39, 0.29) is 12.3 Å². The number of nitrogens with one attached hydrogen (secondary N) is 1. The van der Waals surface area contributed by atoms with Crippen molar-refractivity contribution in [3.8, 4) is 11.4 Å². The lowest BCUT2D eigenvalue weighted by Gasteiger charge is -2.02. The van der Waals surface area contributed by atoms with Crippen LogP contribution in [0.2, 0.25) is 0 Å². The second kappa shape index (κ2) is 6.53. The molecule has 3 aromatic rings. The maximum atomic E-state index is 12.0. The van der Waals surface area contributed by atoms with Gasteiger partial charge >= 0.3 is 5.97 Å². The smallest absolute Gasteiger partial charge is 0.358 e. The summed E-state index contributed by atoms with van der Waals surface area (Å²) in [4.78, 5) is 23.3. The number of ether oxygens (including phenoxy) is 1. The van der Waals surface area contributed by atoms with Gasteiger partial charge in [0, 0.05) is 18.0 Å². The lowest BCUT2D eigenvalue weighted by atomic mass is 10.2. The first-order valence-electron chi connectivity index (χ1n) is 6.61. The molecule has 0 aliphatic heterocycles. The van der Waals surface area contributed by atoms with E-state index in [1.165, 1.54) is 6.20 Å². The Morgan fingerprint density at radius 3 is 2.73 bits per heavy atom. The van der Waals surface area contributed by atoms with Gasteiger partial charge in [0.15, 0.2) is 5.69 Å². The molecule has 0 saturated carbocycles. The largest absolute Gasteiger partial charge is 0.456 e. The van der Waals surface area contributed by atoms with E-state index in [9.17, 15) is 4.79 Å². The standard InChI is InChI=1S/C16H12BrN3O2/c17-14-7-6-12(8-18-14)15-19-9-13(20-15)16(21)22-10-11-4-2-1-3-5-11/h1-9H,10H2,(H,19,20). The SMILES string of the molecule is O=C(OCc1ccccc1)c1c[nH]c(-c2ccc(Br)nc2)n1. The van der Waals surface area contributed by atoms with E-state index >= 15 is 0 Å². The zero-order valence-electron chi connectivity index (χ0n) is 11.5. The molecule has 2 heterocycles. The lowest BCUT2D eigenvalue weighted by Crippen LogP contribution is -2.05. The zero-order valence-corrected chi connectivity index (χ0v) is 13.1. The number of carbonyl (C=O) groups excluding carboxylic acids is 1. The van der Waals surface area contributed by atoms with Gasteiger partial charge < -0.3 is 9.72 Å². The summed E-state index contributed by atoms with van der Waals surface area (Å²) in [6, 6.07) is 13.2. The van der Waals surface area contributed by atoms with Crippen molar-refractivity contribution in [1.29, 1.82) is 0 Å². The predicted octanol–water partition coefficient (Wildman–Crippen LogP) is 3.59. The van der Waals surface area contributed by atoms with Crippen molar-refractivity contribution in [3.63, 3.8) is 0 Å². The number of carbonyl (C=O) groups is 1. The summed E-state index contributed by atoms with van der Waals surface area (Å²) in [6.07, 6.45) is 3.20. The van der Waals surface area contributed by atoms with Gasteiger partial charge in [-0.25, -0.2) is 14.8 Å². The Labute approximate surface area is 135 Å². The van der Waals surface area contributed by atoms with Gasteiger partial charge in [-0.2, -0.15) is 0 Å². The molecule has 0 radical (unpaired) electrons. The fourth-order valence-corrected chi connectivity index (χ4v) is 2.12. The van der Waals surface area contributed by atoms with Crippen LogP contribution < -0.4 is 0 Å². The summed E-state index contributed by atoms with van der Waals surface area (Å²) < 4.78 is 5.98. The number of aromatic amines is 1. The summed E-state index contributed by atoms with van der Waals surface area (Å²) in [5.41, 5.74) is 1.97. The third-order valence-corrected chi connectivity index (χ3v) is 3.47. The van der Waals surface area contributed by atoms with Gasteiger partial charge in [-0.15, -0.1) is 0 Å². The second-order valence-corrected chi connectivity index (χ2v) is 5.38.